The van der Waals surface area contributed by atoms with Crippen LogP contribution in [0.15, 0.2) is 46.9 Å². The average molecular weight is 305 g/mol. The van der Waals surface area contributed by atoms with E-state index < -0.39 is 0 Å². The normalized spacial score (nSPS) is 11.1. The van der Waals surface area contributed by atoms with Crippen LogP contribution in [0.25, 0.3) is 0 Å². The Hall–Kier alpha value is -1.86. The van der Waals surface area contributed by atoms with E-state index in [9.17, 15) is 0 Å². The quantitative estimate of drug-likeness (QED) is 0.261. The van der Waals surface area contributed by atoms with Crippen LogP contribution in [0.1, 0.15) is 0 Å². The Morgan fingerprint density at radius 3 is 2.62 bits per heavy atom. The number of hydrogen-bond acceptors (Lipinski definition) is 5. The Bertz CT molecular complexity index is 563. The molecule has 7 heteroatoms. The van der Waals surface area contributed by atoms with Gasteiger partial charge in [-0.1, -0.05) is 5.11 Å². The maximum Gasteiger partial charge on any atom is 0.418 e. The first-order chi connectivity index (χ1) is 10.3. The van der Waals surface area contributed by atoms with Crippen LogP contribution in [0, 0.1) is 0 Å². The van der Waals surface area contributed by atoms with Crippen LogP contribution < -0.4 is 15.2 Å². The molecule has 0 atom stereocenters. The molecule has 112 valence electrons. The van der Waals surface area contributed by atoms with Gasteiger partial charge in [0.2, 0.25) is 0 Å². The summed E-state index contributed by atoms with van der Waals surface area (Å²) in [6, 6.07) is 7.88. The zero-order valence-electron chi connectivity index (χ0n) is 12.1. The van der Waals surface area contributed by atoms with E-state index in [1.165, 1.54) is 0 Å². The fraction of sp³-hybridized carbons (Fsp3) is 0.357. The number of imidazole rings is 1. The standard InChI is InChI=1S/C14H20N6S/c1-20-10-8-17-14(20)19-18-13-4-2-12(3-5-13)16-7-6-15-9-11-21/h2-5,8,10,15H,6-7,9,11H2,1H3,(H2,16,17,19,21)/p+1. The Morgan fingerprint density at radius 2 is 1.95 bits per heavy atom. The third-order valence-corrected chi connectivity index (χ3v) is 3.12. The van der Waals surface area contributed by atoms with Gasteiger partial charge in [-0.2, -0.15) is 12.6 Å². The molecule has 0 aliphatic carbocycles. The van der Waals surface area contributed by atoms with E-state index in [-0.39, 0.29) is 0 Å². The molecule has 0 unspecified atom stereocenters. The van der Waals surface area contributed by atoms with Crippen molar-refractivity contribution in [2.45, 2.75) is 0 Å². The molecule has 0 bridgehead atoms. The molecule has 0 saturated heterocycles. The van der Waals surface area contributed by atoms with Crippen LogP contribution in [-0.4, -0.2) is 30.4 Å². The van der Waals surface area contributed by atoms with Crippen LogP contribution in [0.4, 0.5) is 17.3 Å². The van der Waals surface area contributed by atoms with Gasteiger partial charge in [-0.25, -0.2) is 9.55 Å². The van der Waals surface area contributed by atoms with Crippen molar-refractivity contribution in [1.82, 2.24) is 10.3 Å². The summed E-state index contributed by atoms with van der Waals surface area (Å²) in [5, 5.41) is 15.0. The van der Waals surface area contributed by atoms with Crippen molar-refractivity contribution in [1.29, 1.82) is 0 Å². The van der Waals surface area contributed by atoms with Gasteiger partial charge in [-0.05, 0) is 24.3 Å². The summed E-state index contributed by atoms with van der Waals surface area (Å²) in [4.78, 5) is 3.01. The van der Waals surface area contributed by atoms with Crippen molar-refractivity contribution in [3.63, 3.8) is 0 Å². The Labute approximate surface area is 130 Å². The van der Waals surface area contributed by atoms with Gasteiger partial charge in [0.25, 0.3) is 0 Å². The summed E-state index contributed by atoms with van der Waals surface area (Å²) in [7, 11) is 1.92. The number of azo groups is 1. The first kappa shape index (κ1) is 15.5. The van der Waals surface area contributed by atoms with Crippen molar-refractivity contribution in [2.75, 3.05) is 30.7 Å². The minimum atomic E-state index is 0.715. The van der Waals surface area contributed by atoms with Crippen molar-refractivity contribution in [3.05, 3.63) is 36.7 Å². The molecule has 0 radical (unpaired) electrons. The number of thiol groups is 1. The minimum absolute atomic E-state index is 0.715. The fourth-order valence-corrected chi connectivity index (χ4v) is 1.90. The molecule has 1 aromatic carbocycles. The lowest BCUT2D eigenvalue weighted by Crippen LogP contribution is -2.24. The molecule has 1 aromatic heterocycles. The predicted octanol–water partition coefficient (Wildman–Crippen LogP) is 2.19. The number of aryl methyl sites for hydroxylation is 1. The molecule has 0 aliphatic rings. The number of nitrogens with zero attached hydrogens (tertiary/aromatic N) is 3. The Kier molecular flexibility index (Phi) is 6.23. The molecule has 0 saturated carbocycles. The van der Waals surface area contributed by atoms with Crippen LogP contribution in [0.2, 0.25) is 0 Å². The number of rotatable bonds is 8. The SMILES string of the molecule is C[n+]1cc[nH]c1N=Nc1ccc(NCCNCCS)cc1. The van der Waals surface area contributed by atoms with Crippen molar-refractivity contribution in [2.24, 2.45) is 17.3 Å². The largest absolute Gasteiger partial charge is 0.418 e. The second kappa shape index (κ2) is 8.43. The van der Waals surface area contributed by atoms with E-state index in [0.717, 1.165) is 36.8 Å². The molecular weight excluding hydrogens is 284 g/mol. The Morgan fingerprint density at radius 1 is 1.14 bits per heavy atom. The zero-order chi connectivity index (χ0) is 14.9. The topological polar surface area (TPSA) is 68.5 Å². The van der Waals surface area contributed by atoms with E-state index in [2.05, 4.69) is 38.5 Å². The van der Waals surface area contributed by atoms with E-state index in [0.29, 0.717) is 5.95 Å². The molecule has 21 heavy (non-hydrogen) atoms. The fourth-order valence-electron chi connectivity index (χ4n) is 1.75. The number of aromatic nitrogens is 2. The van der Waals surface area contributed by atoms with Gasteiger partial charge in [0.1, 0.15) is 5.69 Å². The van der Waals surface area contributed by atoms with E-state index in [4.69, 9.17) is 0 Å². The smallest absolute Gasteiger partial charge is 0.384 e. The van der Waals surface area contributed by atoms with Crippen molar-refractivity contribution in [3.8, 4) is 0 Å². The predicted molar refractivity (Wildman–Crippen MR) is 87.8 cm³/mol. The first-order valence-electron chi connectivity index (χ1n) is 6.90. The molecule has 0 amide bonds. The van der Waals surface area contributed by atoms with Gasteiger partial charge < -0.3 is 10.6 Å². The van der Waals surface area contributed by atoms with Crippen molar-refractivity contribution < 1.29 is 4.57 Å². The molecular formula is C14H21N6S+. The minimum Gasteiger partial charge on any atom is -0.384 e. The number of anilines is 1. The highest BCUT2D eigenvalue weighted by molar-refractivity contribution is 7.80. The molecule has 0 spiro atoms. The highest BCUT2D eigenvalue weighted by Crippen LogP contribution is 2.17. The maximum atomic E-state index is 4.20. The number of nitrogens with one attached hydrogen (secondary N) is 3. The van der Waals surface area contributed by atoms with Crippen molar-refractivity contribution >= 4 is 30.0 Å². The maximum absolute atomic E-state index is 4.20. The van der Waals surface area contributed by atoms with Gasteiger partial charge in [0, 0.05) is 36.2 Å². The number of hydrogen-bond donors (Lipinski definition) is 4. The number of aromatic amines is 1. The highest BCUT2D eigenvalue weighted by atomic mass is 32.1. The highest BCUT2D eigenvalue weighted by Gasteiger charge is 2.04. The summed E-state index contributed by atoms with van der Waals surface area (Å²) >= 11 is 4.15. The third-order valence-electron chi connectivity index (χ3n) is 2.89. The van der Waals surface area contributed by atoms with Gasteiger partial charge in [-0.3, -0.25) is 0 Å². The summed E-state index contributed by atoms with van der Waals surface area (Å²) < 4.78 is 1.87. The van der Waals surface area contributed by atoms with E-state index in [1.807, 2.05) is 48.3 Å². The van der Waals surface area contributed by atoms with Crippen LogP contribution in [-0.2, 0) is 7.05 Å². The van der Waals surface area contributed by atoms with Crippen LogP contribution in [0.5, 0.6) is 0 Å². The van der Waals surface area contributed by atoms with Crippen LogP contribution in [0.3, 0.4) is 0 Å². The molecule has 2 aromatic rings. The monoisotopic (exact) mass is 305 g/mol. The van der Waals surface area contributed by atoms with Gasteiger partial charge in [0.05, 0.1) is 19.4 Å². The average Bonchev–Trinajstić information content (AvgIpc) is 2.91. The van der Waals surface area contributed by atoms with E-state index >= 15 is 0 Å². The Balaban J connectivity index is 1.82. The van der Waals surface area contributed by atoms with Crippen LogP contribution >= 0.6 is 12.6 Å². The lowest BCUT2D eigenvalue weighted by Gasteiger charge is -2.06. The number of H-pyrrole nitrogens is 1. The molecule has 2 rings (SSSR count). The van der Waals surface area contributed by atoms with Gasteiger partial charge >= 0.3 is 5.95 Å². The zero-order valence-corrected chi connectivity index (χ0v) is 13.0. The molecule has 1 heterocycles. The summed E-state index contributed by atoms with van der Waals surface area (Å²) in [5.41, 5.74) is 1.90. The summed E-state index contributed by atoms with van der Waals surface area (Å²) in [5.74, 6) is 1.57. The van der Waals surface area contributed by atoms with Gasteiger partial charge in [-0.15, -0.1) is 0 Å². The second-order valence-electron chi connectivity index (χ2n) is 4.54. The molecule has 0 aliphatic heterocycles. The summed E-state index contributed by atoms with van der Waals surface area (Å²) in [6.07, 6.45) is 3.71. The van der Waals surface area contributed by atoms with E-state index in [1.54, 1.807) is 0 Å². The van der Waals surface area contributed by atoms with Gasteiger partial charge in [0.15, 0.2) is 0 Å². The lowest BCUT2D eigenvalue weighted by atomic mass is 10.3. The first-order valence-corrected chi connectivity index (χ1v) is 7.53. The summed E-state index contributed by atoms with van der Waals surface area (Å²) in [6.45, 7) is 2.73. The third kappa shape index (κ3) is 5.20. The molecule has 3 N–H and O–H groups in total. The molecule has 6 nitrogen and oxygen atoms in total. The second-order valence-corrected chi connectivity index (χ2v) is 4.99. The molecule has 0 fully saturated rings. The lowest BCUT2D eigenvalue weighted by molar-refractivity contribution is -0.657. The number of benzene rings is 1.